The first-order valence-electron chi connectivity index (χ1n) is 6.23. The zero-order valence-corrected chi connectivity index (χ0v) is 12.1. The third kappa shape index (κ3) is 5.06. The molecule has 2 N–H and O–H groups in total. The predicted molar refractivity (Wildman–Crippen MR) is 75.8 cm³/mol. The van der Waals surface area contributed by atoms with Crippen LogP contribution in [0.15, 0.2) is 17.3 Å². The highest BCUT2D eigenvalue weighted by atomic mass is 32.2. The first-order valence-corrected chi connectivity index (χ1v) is 7.21. The summed E-state index contributed by atoms with van der Waals surface area (Å²) in [5, 5.41) is 6.98. The SMILES string of the molecule is CCNCc1cnc(SCC(=O)NCC)c(C)c1. The summed E-state index contributed by atoms with van der Waals surface area (Å²) in [6, 6.07) is 2.12. The van der Waals surface area contributed by atoms with Gasteiger partial charge in [-0.25, -0.2) is 4.98 Å². The van der Waals surface area contributed by atoms with E-state index in [-0.39, 0.29) is 5.91 Å². The van der Waals surface area contributed by atoms with Crippen LogP contribution < -0.4 is 10.6 Å². The fraction of sp³-hybridized carbons (Fsp3) is 0.538. The lowest BCUT2D eigenvalue weighted by Crippen LogP contribution is -2.24. The van der Waals surface area contributed by atoms with Gasteiger partial charge in [0, 0.05) is 19.3 Å². The number of nitrogens with zero attached hydrogens (tertiary/aromatic N) is 1. The Bertz CT molecular complexity index is 396. The number of pyridine rings is 1. The standard InChI is InChI=1S/C13H21N3OS/c1-4-14-7-11-6-10(3)13(16-8-11)18-9-12(17)15-5-2/h6,8,14H,4-5,7,9H2,1-3H3,(H,15,17). The number of hydrogen-bond acceptors (Lipinski definition) is 4. The number of aryl methyl sites for hydroxylation is 1. The smallest absolute Gasteiger partial charge is 0.230 e. The van der Waals surface area contributed by atoms with Crippen LogP contribution in [-0.2, 0) is 11.3 Å². The van der Waals surface area contributed by atoms with Crippen molar-refractivity contribution in [2.45, 2.75) is 32.3 Å². The van der Waals surface area contributed by atoms with Crippen molar-refractivity contribution in [2.75, 3.05) is 18.8 Å². The van der Waals surface area contributed by atoms with Crippen molar-refractivity contribution in [3.05, 3.63) is 23.4 Å². The highest BCUT2D eigenvalue weighted by Crippen LogP contribution is 2.20. The highest BCUT2D eigenvalue weighted by Gasteiger charge is 2.06. The van der Waals surface area contributed by atoms with Gasteiger partial charge in [0.2, 0.25) is 5.91 Å². The van der Waals surface area contributed by atoms with Crippen molar-refractivity contribution < 1.29 is 4.79 Å². The monoisotopic (exact) mass is 267 g/mol. The zero-order valence-electron chi connectivity index (χ0n) is 11.2. The van der Waals surface area contributed by atoms with Crippen LogP contribution in [0.3, 0.4) is 0 Å². The predicted octanol–water partition coefficient (Wildman–Crippen LogP) is 1.73. The Balaban J connectivity index is 2.54. The van der Waals surface area contributed by atoms with Gasteiger partial charge in [-0.2, -0.15) is 0 Å². The molecule has 0 aliphatic heterocycles. The molecule has 0 fully saturated rings. The minimum absolute atomic E-state index is 0.0560. The van der Waals surface area contributed by atoms with Crippen molar-refractivity contribution in [1.82, 2.24) is 15.6 Å². The van der Waals surface area contributed by atoms with E-state index >= 15 is 0 Å². The molecule has 1 rings (SSSR count). The molecular formula is C13H21N3OS. The summed E-state index contributed by atoms with van der Waals surface area (Å²) in [4.78, 5) is 15.8. The fourth-order valence-corrected chi connectivity index (χ4v) is 2.30. The van der Waals surface area contributed by atoms with Crippen molar-refractivity contribution in [3.63, 3.8) is 0 Å². The number of carbonyl (C=O) groups excluding carboxylic acids is 1. The number of hydrogen-bond donors (Lipinski definition) is 2. The van der Waals surface area contributed by atoms with Crippen LogP contribution in [0, 0.1) is 6.92 Å². The van der Waals surface area contributed by atoms with Crippen LogP contribution in [0.2, 0.25) is 0 Å². The van der Waals surface area contributed by atoms with E-state index in [9.17, 15) is 4.79 Å². The van der Waals surface area contributed by atoms with Gasteiger partial charge in [-0.1, -0.05) is 24.8 Å². The summed E-state index contributed by atoms with van der Waals surface area (Å²) in [5.74, 6) is 0.481. The first kappa shape index (κ1) is 15.0. The molecule has 0 aliphatic rings. The Morgan fingerprint density at radius 2 is 2.17 bits per heavy atom. The molecule has 0 saturated carbocycles. The Labute approximate surface area is 113 Å². The van der Waals surface area contributed by atoms with Crippen molar-refractivity contribution >= 4 is 17.7 Å². The molecule has 1 heterocycles. The van der Waals surface area contributed by atoms with Gasteiger partial charge in [0.1, 0.15) is 0 Å². The summed E-state index contributed by atoms with van der Waals surface area (Å²) >= 11 is 1.48. The minimum atomic E-state index is 0.0560. The van der Waals surface area contributed by atoms with Gasteiger partial charge in [0.05, 0.1) is 10.8 Å². The van der Waals surface area contributed by atoms with Crippen LogP contribution in [0.25, 0.3) is 0 Å². The maximum absolute atomic E-state index is 11.4. The van der Waals surface area contributed by atoms with Crippen molar-refractivity contribution in [1.29, 1.82) is 0 Å². The third-order valence-electron chi connectivity index (χ3n) is 2.38. The van der Waals surface area contributed by atoms with Crippen LogP contribution in [0.5, 0.6) is 0 Å². The van der Waals surface area contributed by atoms with Crippen molar-refractivity contribution in [3.8, 4) is 0 Å². The van der Waals surface area contributed by atoms with Crippen LogP contribution >= 0.6 is 11.8 Å². The summed E-state index contributed by atoms with van der Waals surface area (Å²) < 4.78 is 0. The third-order valence-corrected chi connectivity index (χ3v) is 3.49. The minimum Gasteiger partial charge on any atom is -0.356 e. The number of rotatable bonds is 7. The van der Waals surface area contributed by atoms with Gasteiger partial charge in [-0.15, -0.1) is 0 Å². The largest absolute Gasteiger partial charge is 0.356 e. The molecule has 100 valence electrons. The fourth-order valence-electron chi connectivity index (χ4n) is 1.52. The maximum Gasteiger partial charge on any atom is 0.230 e. The summed E-state index contributed by atoms with van der Waals surface area (Å²) in [6.07, 6.45) is 1.87. The topological polar surface area (TPSA) is 54.0 Å². The van der Waals surface area contributed by atoms with E-state index in [1.165, 1.54) is 17.3 Å². The molecule has 0 unspecified atom stereocenters. The van der Waals surface area contributed by atoms with Gasteiger partial charge in [-0.3, -0.25) is 4.79 Å². The van der Waals surface area contributed by atoms with E-state index in [0.29, 0.717) is 12.3 Å². The van der Waals surface area contributed by atoms with Crippen LogP contribution in [-0.4, -0.2) is 29.7 Å². The summed E-state index contributed by atoms with van der Waals surface area (Å²) in [5.41, 5.74) is 2.30. The zero-order chi connectivity index (χ0) is 13.4. The molecule has 1 aromatic rings. The number of aromatic nitrogens is 1. The highest BCUT2D eigenvalue weighted by molar-refractivity contribution is 7.99. The van der Waals surface area contributed by atoms with E-state index in [4.69, 9.17) is 0 Å². The van der Waals surface area contributed by atoms with E-state index in [2.05, 4.69) is 28.6 Å². The van der Waals surface area contributed by atoms with E-state index < -0.39 is 0 Å². The van der Waals surface area contributed by atoms with Crippen LogP contribution in [0.4, 0.5) is 0 Å². The average molecular weight is 267 g/mol. The normalized spacial score (nSPS) is 10.4. The second-order valence-electron chi connectivity index (χ2n) is 3.99. The Kier molecular flexibility index (Phi) is 6.75. The molecule has 1 amide bonds. The van der Waals surface area contributed by atoms with Gasteiger partial charge < -0.3 is 10.6 Å². The van der Waals surface area contributed by atoms with Crippen LogP contribution in [0.1, 0.15) is 25.0 Å². The summed E-state index contributed by atoms with van der Waals surface area (Å²) in [7, 11) is 0. The summed E-state index contributed by atoms with van der Waals surface area (Å²) in [6.45, 7) is 8.49. The maximum atomic E-state index is 11.4. The lowest BCUT2D eigenvalue weighted by atomic mass is 10.2. The molecule has 0 radical (unpaired) electrons. The number of amides is 1. The molecule has 0 bridgehead atoms. The molecule has 0 atom stereocenters. The molecule has 5 heteroatoms. The molecular weight excluding hydrogens is 246 g/mol. The van der Waals surface area contributed by atoms with Gasteiger partial charge in [0.15, 0.2) is 0 Å². The molecule has 0 saturated heterocycles. The number of thioether (sulfide) groups is 1. The average Bonchev–Trinajstić information content (AvgIpc) is 2.35. The molecule has 1 aromatic heterocycles. The van der Waals surface area contributed by atoms with Gasteiger partial charge in [0.25, 0.3) is 0 Å². The molecule has 18 heavy (non-hydrogen) atoms. The number of nitrogens with one attached hydrogen (secondary N) is 2. The Morgan fingerprint density at radius 3 is 2.78 bits per heavy atom. The van der Waals surface area contributed by atoms with Gasteiger partial charge >= 0.3 is 0 Å². The quantitative estimate of drug-likeness (QED) is 0.739. The van der Waals surface area contributed by atoms with Gasteiger partial charge in [-0.05, 0) is 31.5 Å². The first-order chi connectivity index (χ1) is 8.67. The van der Waals surface area contributed by atoms with E-state index in [1.54, 1.807) is 0 Å². The second kappa shape index (κ2) is 8.11. The molecule has 0 aromatic carbocycles. The molecule has 4 nitrogen and oxygen atoms in total. The lowest BCUT2D eigenvalue weighted by molar-refractivity contribution is -0.118. The lowest BCUT2D eigenvalue weighted by Gasteiger charge is -2.07. The molecule has 0 aliphatic carbocycles. The van der Waals surface area contributed by atoms with Crippen molar-refractivity contribution in [2.24, 2.45) is 0 Å². The van der Waals surface area contributed by atoms with E-state index in [1.807, 2.05) is 20.0 Å². The molecule has 0 spiro atoms. The van der Waals surface area contributed by atoms with E-state index in [0.717, 1.165) is 23.7 Å². The Morgan fingerprint density at radius 1 is 1.39 bits per heavy atom. The Hall–Kier alpha value is -1.07. The number of carbonyl (C=O) groups is 1. The second-order valence-corrected chi connectivity index (χ2v) is 4.95.